The molecule has 2 nitrogen and oxygen atoms in total. The molecule has 1 aliphatic heterocycles. The van der Waals surface area contributed by atoms with Crippen LogP contribution in [-0.4, -0.2) is 24.1 Å². The van der Waals surface area contributed by atoms with Crippen LogP contribution in [0.4, 0.5) is 0 Å². The SMILES string of the molecule is CC1C(c2ccccc2)OC=[N+]1C. The predicted octanol–water partition coefficient (Wildman–Crippen LogP) is 1.82. The van der Waals surface area contributed by atoms with Gasteiger partial charge in [-0.2, -0.15) is 0 Å². The number of ether oxygens (including phenoxy) is 1. The minimum atomic E-state index is 0.186. The van der Waals surface area contributed by atoms with Crippen molar-refractivity contribution >= 4 is 6.40 Å². The van der Waals surface area contributed by atoms with Crippen molar-refractivity contribution in [3.05, 3.63) is 35.9 Å². The van der Waals surface area contributed by atoms with Crippen LogP contribution in [0, 0.1) is 0 Å². The zero-order valence-electron chi connectivity index (χ0n) is 7.97. The molecule has 0 amide bonds. The van der Waals surface area contributed by atoms with Crippen LogP contribution in [0.3, 0.4) is 0 Å². The lowest BCUT2D eigenvalue weighted by atomic mass is 10.0. The Hall–Kier alpha value is -1.31. The summed E-state index contributed by atoms with van der Waals surface area (Å²) in [5.41, 5.74) is 1.25. The molecule has 0 saturated heterocycles. The minimum absolute atomic E-state index is 0.186. The van der Waals surface area contributed by atoms with Gasteiger partial charge in [0.05, 0.1) is 0 Å². The summed E-state index contributed by atoms with van der Waals surface area (Å²) in [6.07, 6.45) is 1.98. The average Bonchev–Trinajstić information content (AvgIpc) is 2.49. The van der Waals surface area contributed by atoms with E-state index in [1.807, 2.05) is 25.2 Å². The number of hydrogen-bond donors (Lipinski definition) is 0. The molecule has 1 aliphatic rings. The van der Waals surface area contributed by atoms with Gasteiger partial charge >= 0.3 is 6.40 Å². The molecule has 0 aliphatic carbocycles. The third kappa shape index (κ3) is 1.44. The topological polar surface area (TPSA) is 12.2 Å². The van der Waals surface area contributed by atoms with E-state index in [2.05, 4.69) is 23.6 Å². The number of benzene rings is 1. The molecule has 0 bridgehead atoms. The van der Waals surface area contributed by atoms with E-state index < -0.39 is 0 Å². The van der Waals surface area contributed by atoms with E-state index in [9.17, 15) is 0 Å². The molecule has 2 rings (SSSR count). The van der Waals surface area contributed by atoms with Crippen molar-refractivity contribution in [2.24, 2.45) is 0 Å². The summed E-state index contributed by atoms with van der Waals surface area (Å²) in [6, 6.07) is 10.7. The van der Waals surface area contributed by atoms with Crippen molar-refractivity contribution in [2.75, 3.05) is 7.05 Å². The first kappa shape index (κ1) is 8.30. The number of likely N-dealkylation sites (N-methyl/N-ethyl adjacent to an activating group) is 1. The van der Waals surface area contributed by atoms with Gasteiger partial charge in [0.2, 0.25) is 0 Å². The van der Waals surface area contributed by atoms with Gasteiger partial charge < -0.3 is 4.74 Å². The van der Waals surface area contributed by atoms with Crippen molar-refractivity contribution in [3.8, 4) is 0 Å². The molecule has 0 saturated carbocycles. The van der Waals surface area contributed by atoms with Crippen molar-refractivity contribution < 1.29 is 9.31 Å². The van der Waals surface area contributed by atoms with Crippen LogP contribution in [0.25, 0.3) is 0 Å². The minimum Gasteiger partial charge on any atom is -0.435 e. The highest BCUT2D eigenvalue weighted by Crippen LogP contribution is 2.24. The second-order valence-corrected chi connectivity index (χ2v) is 3.48. The summed E-state index contributed by atoms with van der Waals surface area (Å²) in [7, 11) is 2.04. The summed E-state index contributed by atoms with van der Waals surface area (Å²) in [5.74, 6) is 0. The van der Waals surface area contributed by atoms with E-state index >= 15 is 0 Å². The average molecular weight is 176 g/mol. The molecule has 0 spiro atoms. The zero-order valence-corrected chi connectivity index (χ0v) is 7.97. The highest BCUT2D eigenvalue weighted by molar-refractivity contribution is 5.43. The summed E-state index contributed by atoms with van der Waals surface area (Å²) < 4.78 is 7.66. The van der Waals surface area contributed by atoms with Crippen LogP contribution in [-0.2, 0) is 4.74 Å². The van der Waals surface area contributed by atoms with Gasteiger partial charge in [0, 0.05) is 6.92 Å². The van der Waals surface area contributed by atoms with Gasteiger partial charge in [-0.05, 0) is 5.56 Å². The van der Waals surface area contributed by atoms with Crippen LogP contribution in [0.1, 0.15) is 18.6 Å². The molecule has 0 N–H and O–H groups in total. The second-order valence-electron chi connectivity index (χ2n) is 3.48. The Bertz CT molecular complexity index is 318. The van der Waals surface area contributed by atoms with Gasteiger partial charge in [-0.1, -0.05) is 30.3 Å². The van der Waals surface area contributed by atoms with Crippen molar-refractivity contribution in [1.82, 2.24) is 0 Å². The van der Waals surface area contributed by atoms with Gasteiger partial charge in [0.15, 0.2) is 12.1 Å². The van der Waals surface area contributed by atoms with Gasteiger partial charge in [-0.3, -0.25) is 0 Å². The maximum atomic E-state index is 5.56. The van der Waals surface area contributed by atoms with Crippen LogP contribution in [0.5, 0.6) is 0 Å². The molecule has 1 heterocycles. The maximum Gasteiger partial charge on any atom is 0.324 e. The fourth-order valence-electron chi connectivity index (χ4n) is 1.58. The first-order valence-corrected chi connectivity index (χ1v) is 4.55. The summed E-state index contributed by atoms with van der Waals surface area (Å²) >= 11 is 0. The second kappa shape index (κ2) is 3.21. The molecule has 13 heavy (non-hydrogen) atoms. The van der Waals surface area contributed by atoms with Crippen LogP contribution in [0.15, 0.2) is 30.3 Å². The lowest BCUT2D eigenvalue weighted by molar-refractivity contribution is -0.523. The van der Waals surface area contributed by atoms with E-state index in [0.717, 1.165) is 0 Å². The molecule has 2 heteroatoms. The quantitative estimate of drug-likeness (QED) is 0.594. The Morgan fingerprint density at radius 3 is 2.46 bits per heavy atom. The maximum absolute atomic E-state index is 5.56. The van der Waals surface area contributed by atoms with E-state index in [-0.39, 0.29) is 6.10 Å². The van der Waals surface area contributed by atoms with E-state index in [0.29, 0.717) is 6.04 Å². The van der Waals surface area contributed by atoms with Crippen molar-refractivity contribution in [3.63, 3.8) is 0 Å². The summed E-state index contributed by atoms with van der Waals surface area (Å²) in [6.45, 7) is 2.17. The van der Waals surface area contributed by atoms with Gasteiger partial charge in [-0.15, -0.1) is 0 Å². The van der Waals surface area contributed by atoms with E-state index in [1.54, 1.807) is 6.40 Å². The smallest absolute Gasteiger partial charge is 0.324 e. The molecule has 1 aromatic rings. The Labute approximate surface area is 78.5 Å². The first-order chi connectivity index (χ1) is 6.29. The van der Waals surface area contributed by atoms with Gasteiger partial charge in [0.25, 0.3) is 0 Å². The van der Waals surface area contributed by atoms with Crippen molar-refractivity contribution in [1.29, 1.82) is 0 Å². The Morgan fingerprint density at radius 1 is 1.23 bits per heavy atom. The molecule has 68 valence electrons. The highest BCUT2D eigenvalue weighted by Gasteiger charge is 2.32. The largest absolute Gasteiger partial charge is 0.435 e. The molecule has 1 aromatic carbocycles. The number of rotatable bonds is 1. The number of hydrogen-bond acceptors (Lipinski definition) is 1. The highest BCUT2D eigenvalue weighted by atomic mass is 16.5. The third-order valence-electron chi connectivity index (χ3n) is 2.58. The lowest BCUT2D eigenvalue weighted by Crippen LogP contribution is -2.20. The van der Waals surface area contributed by atoms with Crippen LogP contribution < -0.4 is 0 Å². The fourth-order valence-corrected chi connectivity index (χ4v) is 1.58. The third-order valence-corrected chi connectivity index (χ3v) is 2.58. The van der Waals surface area contributed by atoms with E-state index in [1.165, 1.54) is 5.56 Å². The van der Waals surface area contributed by atoms with E-state index in [4.69, 9.17) is 4.74 Å². The molecular weight excluding hydrogens is 162 g/mol. The summed E-state index contributed by atoms with van der Waals surface area (Å²) in [5, 5.41) is 0. The predicted molar refractivity (Wildman–Crippen MR) is 52.0 cm³/mol. The Kier molecular flexibility index (Phi) is 2.05. The lowest BCUT2D eigenvalue weighted by Gasteiger charge is -2.10. The normalized spacial score (nSPS) is 26.8. The zero-order chi connectivity index (χ0) is 9.26. The summed E-state index contributed by atoms with van der Waals surface area (Å²) in [4.78, 5) is 0. The van der Waals surface area contributed by atoms with Crippen LogP contribution in [0.2, 0.25) is 0 Å². The molecule has 2 unspecified atom stereocenters. The number of nitrogens with zero attached hydrogens (tertiary/aromatic N) is 1. The van der Waals surface area contributed by atoms with Gasteiger partial charge in [0.1, 0.15) is 7.05 Å². The molecule has 0 fully saturated rings. The molecule has 0 radical (unpaired) electrons. The van der Waals surface area contributed by atoms with Crippen LogP contribution >= 0.6 is 0 Å². The Balaban J connectivity index is 2.22. The van der Waals surface area contributed by atoms with Gasteiger partial charge in [-0.25, -0.2) is 4.58 Å². The van der Waals surface area contributed by atoms with Crippen molar-refractivity contribution in [2.45, 2.75) is 19.1 Å². The molecular formula is C11H14NO+. The monoisotopic (exact) mass is 176 g/mol. The Morgan fingerprint density at radius 2 is 1.92 bits per heavy atom. The standard InChI is InChI=1S/C11H14NO/c1-9-11(13-8-12(9)2)10-6-4-3-5-7-10/h3-9,11H,1-2H3/q+1. The fraction of sp³-hybridized carbons (Fsp3) is 0.364. The first-order valence-electron chi connectivity index (χ1n) is 4.55. The molecule has 2 atom stereocenters. The molecule has 0 aromatic heterocycles.